The summed E-state index contributed by atoms with van der Waals surface area (Å²) in [6.45, 7) is -0.0779. The smallest absolute Gasteiger partial charge is 0.258 e. The lowest BCUT2D eigenvalue weighted by molar-refractivity contribution is 0.102. The second-order valence-corrected chi connectivity index (χ2v) is 9.40. The molecule has 0 aliphatic rings. The molecular weight excluding hydrogens is 471 g/mol. The van der Waals surface area contributed by atoms with E-state index in [1.165, 1.54) is 44.6 Å². The topological polar surface area (TPSA) is 84.9 Å². The van der Waals surface area contributed by atoms with Crippen molar-refractivity contribution in [3.05, 3.63) is 82.6 Å². The van der Waals surface area contributed by atoms with Crippen molar-refractivity contribution in [2.45, 2.75) is 6.54 Å². The molecule has 33 heavy (non-hydrogen) atoms. The third kappa shape index (κ3) is 5.74. The number of para-hydroxylation sites is 1. The van der Waals surface area contributed by atoms with Gasteiger partial charge < -0.3 is 14.8 Å². The van der Waals surface area contributed by atoms with Crippen LogP contribution < -0.4 is 19.1 Å². The Morgan fingerprint density at radius 3 is 2.21 bits per heavy atom. The largest absolute Gasteiger partial charge is 0.493 e. The number of ether oxygens (including phenoxy) is 2. The summed E-state index contributed by atoms with van der Waals surface area (Å²) in [5, 5.41) is 2.98. The first-order valence-corrected chi connectivity index (χ1v) is 11.9. The number of amides is 1. The van der Waals surface area contributed by atoms with Crippen molar-refractivity contribution in [3.63, 3.8) is 0 Å². The van der Waals surface area contributed by atoms with Crippen molar-refractivity contribution < 1.29 is 27.1 Å². The predicted octanol–water partition coefficient (Wildman–Crippen LogP) is 4.71. The van der Waals surface area contributed by atoms with Crippen LogP contribution in [-0.2, 0) is 16.6 Å². The van der Waals surface area contributed by atoms with Crippen LogP contribution in [0.1, 0.15) is 15.9 Å². The van der Waals surface area contributed by atoms with Crippen molar-refractivity contribution in [1.29, 1.82) is 0 Å². The molecule has 0 saturated heterocycles. The molecule has 3 aromatic carbocycles. The lowest BCUT2D eigenvalue weighted by Gasteiger charge is -2.26. The Morgan fingerprint density at radius 2 is 1.64 bits per heavy atom. The lowest BCUT2D eigenvalue weighted by Crippen LogP contribution is -2.31. The highest BCUT2D eigenvalue weighted by Gasteiger charge is 2.27. The first-order chi connectivity index (χ1) is 15.6. The van der Waals surface area contributed by atoms with Crippen LogP contribution >= 0.6 is 11.6 Å². The number of carbonyl (C=O) groups is 1. The molecule has 0 unspecified atom stereocenters. The zero-order valence-electron chi connectivity index (χ0n) is 18.1. The van der Waals surface area contributed by atoms with E-state index in [1.807, 2.05) is 0 Å². The van der Waals surface area contributed by atoms with Crippen LogP contribution in [0.2, 0.25) is 5.02 Å². The van der Waals surface area contributed by atoms with E-state index < -0.39 is 21.7 Å². The van der Waals surface area contributed by atoms with Gasteiger partial charge in [0.05, 0.1) is 44.0 Å². The molecule has 0 saturated carbocycles. The Labute approximate surface area is 196 Å². The minimum atomic E-state index is -3.86. The van der Waals surface area contributed by atoms with Gasteiger partial charge in [-0.25, -0.2) is 12.8 Å². The van der Waals surface area contributed by atoms with E-state index in [4.69, 9.17) is 21.1 Å². The van der Waals surface area contributed by atoms with Crippen LogP contribution in [-0.4, -0.2) is 34.8 Å². The van der Waals surface area contributed by atoms with Gasteiger partial charge in [0.15, 0.2) is 11.5 Å². The van der Waals surface area contributed by atoms with Crippen LogP contribution in [0.25, 0.3) is 0 Å². The van der Waals surface area contributed by atoms with Gasteiger partial charge in [0.25, 0.3) is 5.91 Å². The second kappa shape index (κ2) is 10.1. The fourth-order valence-electron chi connectivity index (χ4n) is 3.15. The van der Waals surface area contributed by atoms with Crippen LogP contribution in [0.4, 0.5) is 15.8 Å². The van der Waals surface area contributed by atoms with Crippen molar-refractivity contribution in [1.82, 2.24) is 0 Å². The number of hydrogen-bond donors (Lipinski definition) is 1. The molecule has 0 aliphatic carbocycles. The van der Waals surface area contributed by atoms with Gasteiger partial charge in [0.2, 0.25) is 10.0 Å². The number of sulfonamides is 1. The molecule has 10 heteroatoms. The summed E-state index contributed by atoms with van der Waals surface area (Å²) in [5.41, 5.74) is 0.584. The van der Waals surface area contributed by atoms with E-state index in [0.29, 0.717) is 10.6 Å². The number of benzene rings is 3. The SMILES string of the molecule is COc1cc(C(=O)Nc2ccccc2F)c(N(Cc2ccc(Cl)cc2)S(C)(=O)=O)cc1OC. The number of hydrogen-bond acceptors (Lipinski definition) is 5. The maximum atomic E-state index is 14.1. The molecule has 174 valence electrons. The minimum Gasteiger partial charge on any atom is -0.493 e. The molecule has 1 N–H and O–H groups in total. The molecule has 7 nitrogen and oxygen atoms in total. The molecule has 0 bridgehead atoms. The van der Waals surface area contributed by atoms with Gasteiger partial charge in [-0.1, -0.05) is 35.9 Å². The fourth-order valence-corrected chi connectivity index (χ4v) is 4.16. The summed E-state index contributed by atoms with van der Waals surface area (Å²) in [6.07, 6.45) is 1.03. The molecule has 3 rings (SSSR count). The van der Waals surface area contributed by atoms with Crippen LogP contribution in [0, 0.1) is 5.82 Å². The molecule has 0 radical (unpaired) electrons. The Kier molecular flexibility index (Phi) is 7.45. The van der Waals surface area contributed by atoms with Crippen LogP contribution in [0.15, 0.2) is 60.7 Å². The summed E-state index contributed by atoms with van der Waals surface area (Å²) in [5.74, 6) is -0.922. The molecular formula is C23H22ClFN2O5S. The molecule has 0 fully saturated rings. The minimum absolute atomic E-state index is 0.0407. The van der Waals surface area contributed by atoms with E-state index >= 15 is 0 Å². The Morgan fingerprint density at radius 1 is 1.03 bits per heavy atom. The molecule has 0 heterocycles. The van der Waals surface area contributed by atoms with E-state index in [2.05, 4.69) is 5.32 Å². The van der Waals surface area contributed by atoms with Crippen LogP contribution in [0.3, 0.4) is 0 Å². The maximum Gasteiger partial charge on any atom is 0.258 e. The van der Waals surface area contributed by atoms with Crippen molar-refractivity contribution in [2.75, 3.05) is 30.1 Å². The lowest BCUT2D eigenvalue weighted by atomic mass is 10.1. The zero-order valence-corrected chi connectivity index (χ0v) is 19.7. The van der Waals surface area contributed by atoms with Crippen molar-refractivity contribution in [2.24, 2.45) is 0 Å². The molecule has 0 spiro atoms. The Bertz CT molecular complexity index is 1270. The summed E-state index contributed by atoms with van der Waals surface area (Å²) >= 11 is 5.94. The monoisotopic (exact) mass is 492 g/mol. The standard InChI is InChI=1S/C23H22ClFN2O5S/c1-31-21-12-17(23(28)26-19-7-5-4-6-18(19)25)20(13-22(21)32-2)27(33(3,29)30)14-15-8-10-16(24)11-9-15/h4-13H,14H2,1-3H3,(H,26,28). The van der Waals surface area contributed by atoms with Crippen molar-refractivity contribution in [3.8, 4) is 11.5 Å². The average Bonchev–Trinajstić information content (AvgIpc) is 2.78. The highest BCUT2D eigenvalue weighted by Crippen LogP contribution is 2.37. The number of nitrogens with one attached hydrogen (secondary N) is 1. The summed E-state index contributed by atoms with van der Waals surface area (Å²) in [7, 11) is -1.08. The number of halogens is 2. The number of rotatable bonds is 8. The van der Waals surface area contributed by atoms with Crippen LogP contribution in [0.5, 0.6) is 11.5 Å². The van der Waals surface area contributed by atoms with Crippen molar-refractivity contribution >= 4 is 38.9 Å². The highest BCUT2D eigenvalue weighted by atomic mass is 35.5. The van der Waals surface area contributed by atoms with E-state index in [-0.39, 0.29) is 35.0 Å². The Hall–Kier alpha value is -3.30. The Balaban J connectivity index is 2.14. The van der Waals surface area contributed by atoms with Gasteiger partial charge in [0, 0.05) is 11.1 Å². The first-order valence-electron chi connectivity index (χ1n) is 9.68. The van der Waals surface area contributed by atoms with Gasteiger partial charge >= 0.3 is 0 Å². The zero-order chi connectivity index (χ0) is 24.2. The molecule has 0 atom stereocenters. The third-order valence-electron chi connectivity index (χ3n) is 4.78. The quantitative estimate of drug-likeness (QED) is 0.492. The maximum absolute atomic E-state index is 14.1. The average molecular weight is 493 g/mol. The number of carbonyl (C=O) groups excluding carboxylic acids is 1. The first kappa shape index (κ1) is 24.3. The third-order valence-corrected chi connectivity index (χ3v) is 6.16. The number of anilines is 2. The van der Waals surface area contributed by atoms with E-state index in [1.54, 1.807) is 30.3 Å². The number of nitrogens with zero attached hydrogens (tertiary/aromatic N) is 1. The molecule has 1 amide bonds. The second-order valence-electron chi connectivity index (χ2n) is 7.05. The highest BCUT2D eigenvalue weighted by molar-refractivity contribution is 7.92. The van der Waals surface area contributed by atoms with Gasteiger partial charge in [-0.2, -0.15) is 0 Å². The van der Waals surface area contributed by atoms with E-state index in [9.17, 15) is 17.6 Å². The summed E-state index contributed by atoms with van der Waals surface area (Å²) < 4.78 is 51.4. The van der Waals surface area contributed by atoms with Gasteiger partial charge in [-0.15, -0.1) is 0 Å². The molecule has 0 aliphatic heterocycles. The van der Waals surface area contributed by atoms with Gasteiger partial charge in [-0.05, 0) is 35.9 Å². The number of methoxy groups -OCH3 is 2. The van der Waals surface area contributed by atoms with E-state index in [0.717, 1.165) is 10.6 Å². The molecule has 3 aromatic rings. The predicted molar refractivity (Wildman–Crippen MR) is 126 cm³/mol. The van der Waals surface area contributed by atoms with Gasteiger partial charge in [-0.3, -0.25) is 9.10 Å². The van der Waals surface area contributed by atoms with Gasteiger partial charge in [0.1, 0.15) is 5.82 Å². The summed E-state index contributed by atoms with van der Waals surface area (Å²) in [4.78, 5) is 13.2. The molecule has 0 aromatic heterocycles. The summed E-state index contributed by atoms with van der Waals surface area (Å²) in [6, 6.07) is 15.0. The normalized spacial score (nSPS) is 11.1. The fraction of sp³-hybridized carbons (Fsp3) is 0.174.